The van der Waals surface area contributed by atoms with Crippen LogP contribution in [0.1, 0.15) is 59.4 Å². The van der Waals surface area contributed by atoms with Crippen molar-refractivity contribution in [2.45, 2.75) is 58.9 Å². The van der Waals surface area contributed by atoms with Crippen LogP contribution in [-0.2, 0) is 4.79 Å². The standard InChI is InChI=1S/C22H29N5O2/c1-14-8-9-19(10-15(14)2)27-16(3)21(24-25-27)22(29)23-12-17-11-20(28)26(13-17)18-6-4-5-7-18/h8-10,17-18H,4-7,11-13H2,1-3H3,(H,23,29). The lowest BCUT2D eigenvalue weighted by molar-refractivity contribution is -0.129. The molecule has 29 heavy (non-hydrogen) atoms. The number of nitrogens with one attached hydrogen (secondary N) is 1. The summed E-state index contributed by atoms with van der Waals surface area (Å²) in [6, 6.07) is 6.47. The summed E-state index contributed by atoms with van der Waals surface area (Å²) in [6.07, 6.45) is 5.18. The van der Waals surface area contributed by atoms with E-state index in [0.29, 0.717) is 30.4 Å². The van der Waals surface area contributed by atoms with Crippen LogP contribution in [0.25, 0.3) is 5.69 Å². The number of likely N-dealkylation sites (tertiary alicyclic amines) is 1. The van der Waals surface area contributed by atoms with Crippen molar-refractivity contribution in [3.63, 3.8) is 0 Å². The lowest BCUT2D eigenvalue weighted by Gasteiger charge is -2.24. The molecule has 2 heterocycles. The van der Waals surface area contributed by atoms with Gasteiger partial charge in [0.2, 0.25) is 5.91 Å². The number of carbonyl (C=O) groups is 2. The molecule has 2 amide bonds. The zero-order chi connectivity index (χ0) is 20.5. The van der Waals surface area contributed by atoms with E-state index in [1.165, 1.54) is 24.0 Å². The fourth-order valence-corrected chi connectivity index (χ4v) is 4.48. The third kappa shape index (κ3) is 3.91. The Morgan fingerprint density at radius 3 is 2.66 bits per heavy atom. The average molecular weight is 396 g/mol. The van der Waals surface area contributed by atoms with E-state index in [2.05, 4.69) is 29.5 Å². The molecule has 2 fully saturated rings. The van der Waals surface area contributed by atoms with Crippen molar-refractivity contribution in [1.29, 1.82) is 0 Å². The first-order valence-electron chi connectivity index (χ1n) is 10.5. The van der Waals surface area contributed by atoms with Gasteiger partial charge in [0.25, 0.3) is 5.91 Å². The van der Waals surface area contributed by atoms with Crippen molar-refractivity contribution in [2.24, 2.45) is 5.92 Å². The van der Waals surface area contributed by atoms with Crippen molar-refractivity contribution in [1.82, 2.24) is 25.2 Å². The predicted molar refractivity (Wildman–Crippen MR) is 110 cm³/mol. The van der Waals surface area contributed by atoms with Crippen LogP contribution in [0.4, 0.5) is 0 Å². The van der Waals surface area contributed by atoms with Gasteiger partial charge in [0.1, 0.15) is 0 Å². The Kier molecular flexibility index (Phi) is 5.39. The normalized spacial score (nSPS) is 19.9. The Labute approximate surface area is 171 Å². The second-order valence-electron chi connectivity index (χ2n) is 8.47. The van der Waals surface area contributed by atoms with Crippen molar-refractivity contribution in [3.05, 3.63) is 40.7 Å². The van der Waals surface area contributed by atoms with E-state index in [1.54, 1.807) is 4.68 Å². The van der Waals surface area contributed by atoms with Gasteiger partial charge in [0, 0.05) is 31.5 Å². The summed E-state index contributed by atoms with van der Waals surface area (Å²) in [5.74, 6) is 0.166. The fourth-order valence-electron chi connectivity index (χ4n) is 4.48. The first kappa shape index (κ1) is 19.6. The van der Waals surface area contributed by atoms with Gasteiger partial charge in [-0.2, -0.15) is 0 Å². The number of aromatic nitrogens is 3. The highest BCUT2D eigenvalue weighted by molar-refractivity contribution is 5.93. The number of hydrogen-bond acceptors (Lipinski definition) is 4. The van der Waals surface area contributed by atoms with Gasteiger partial charge in [0.05, 0.1) is 11.4 Å². The number of hydrogen-bond donors (Lipinski definition) is 1. The first-order valence-corrected chi connectivity index (χ1v) is 10.5. The van der Waals surface area contributed by atoms with Crippen LogP contribution >= 0.6 is 0 Å². The van der Waals surface area contributed by atoms with Crippen molar-refractivity contribution in [3.8, 4) is 5.69 Å². The molecule has 0 radical (unpaired) electrons. The van der Waals surface area contributed by atoms with E-state index in [-0.39, 0.29) is 17.7 Å². The van der Waals surface area contributed by atoms with Gasteiger partial charge in [-0.15, -0.1) is 5.10 Å². The van der Waals surface area contributed by atoms with Crippen LogP contribution in [-0.4, -0.2) is 50.8 Å². The minimum atomic E-state index is -0.232. The SMILES string of the molecule is Cc1ccc(-n2nnc(C(=O)NCC3CC(=O)N(C4CCCC4)C3)c2C)cc1C. The fraction of sp³-hybridized carbons (Fsp3) is 0.545. The minimum absolute atomic E-state index is 0.169. The summed E-state index contributed by atoms with van der Waals surface area (Å²) in [7, 11) is 0. The second kappa shape index (κ2) is 7.97. The minimum Gasteiger partial charge on any atom is -0.350 e. The van der Waals surface area contributed by atoms with Gasteiger partial charge in [-0.25, -0.2) is 4.68 Å². The van der Waals surface area contributed by atoms with Crippen molar-refractivity contribution >= 4 is 11.8 Å². The molecule has 2 aromatic rings. The third-order valence-electron chi connectivity index (χ3n) is 6.40. The molecular formula is C22H29N5O2. The molecule has 1 N–H and O–H groups in total. The predicted octanol–water partition coefficient (Wildman–Crippen LogP) is 2.71. The van der Waals surface area contributed by atoms with Gasteiger partial charge >= 0.3 is 0 Å². The molecule has 1 unspecified atom stereocenters. The number of amides is 2. The van der Waals surface area contributed by atoms with E-state index >= 15 is 0 Å². The maximum absolute atomic E-state index is 12.7. The largest absolute Gasteiger partial charge is 0.350 e. The Hall–Kier alpha value is -2.70. The molecule has 7 heteroatoms. The molecule has 1 aromatic heterocycles. The summed E-state index contributed by atoms with van der Waals surface area (Å²) < 4.78 is 1.70. The molecule has 1 aliphatic heterocycles. The van der Waals surface area contributed by atoms with E-state index in [0.717, 1.165) is 25.1 Å². The molecule has 4 rings (SSSR count). The molecule has 1 atom stereocenters. The van der Waals surface area contributed by atoms with Gasteiger partial charge < -0.3 is 10.2 Å². The number of benzene rings is 1. The molecule has 1 aliphatic carbocycles. The molecule has 154 valence electrons. The third-order valence-corrected chi connectivity index (χ3v) is 6.40. The molecule has 1 saturated carbocycles. The van der Waals surface area contributed by atoms with Crippen LogP contribution in [0.2, 0.25) is 0 Å². The highest BCUT2D eigenvalue weighted by Crippen LogP contribution is 2.29. The van der Waals surface area contributed by atoms with Gasteiger partial charge in [-0.05, 0) is 56.9 Å². The zero-order valence-corrected chi connectivity index (χ0v) is 17.4. The number of rotatable bonds is 5. The zero-order valence-electron chi connectivity index (χ0n) is 17.4. The van der Waals surface area contributed by atoms with E-state index in [4.69, 9.17) is 0 Å². The van der Waals surface area contributed by atoms with E-state index in [1.807, 2.05) is 30.0 Å². The second-order valence-corrected chi connectivity index (χ2v) is 8.47. The molecule has 0 spiro atoms. The molecule has 1 saturated heterocycles. The van der Waals surface area contributed by atoms with E-state index in [9.17, 15) is 9.59 Å². The number of aryl methyl sites for hydroxylation is 2. The smallest absolute Gasteiger partial charge is 0.273 e. The lowest BCUT2D eigenvalue weighted by Crippen LogP contribution is -2.36. The number of carbonyl (C=O) groups excluding carboxylic acids is 2. The van der Waals surface area contributed by atoms with Crippen LogP contribution in [0.15, 0.2) is 18.2 Å². The van der Waals surface area contributed by atoms with Crippen LogP contribution < -0.4 is 5.32 Å². The Balaban J connectivity index is 1.39. The quantitative estimate of drug-likeness (QED) is 0.844. The first-order chi connectivity index (χ1) is 13.9. The Morgan fingerprint density at radius 1 is 1.17 bits per heavy atom. The molecule has 0 bridgehead atoms. The summed E-state index contributed by atoms with van der Waals surface area (Å²) >= 11 is 0. The maximum Gasteiger partial charge on any atom is 0.273 e. The average Bonchev–Trinajstić information content (AvgIpc) is 3.42. The van der Waals surface area contributed by atoms with Crippen LogP contribution in [0.3, 0.4) is 0 Å². The van der Waals surface area contributed by atoms with E-state index < -0.39 is 0 Å². The van der Waals surface area contributed by atoms with Crippen molar-refractivity contribution in [2.75, 3.05) is 13.1 Å². The maximum atomic E-state index is 12.7. The molecule has 1 aromatic carbocycles. The van der Waals surface area contributed by atoms with Crippen LogP contribution in [0, 0.1) is 26.7 Å². The molecule has 2 aliphatic rings. The Morgan fingerprint density at radius 2 is 1.93 bits per heavy atom. The number of nitrogens with zero attached hydrogens (tertiary/aromatic N) is 4. The topological polar surface area (TPSA) is 80.1 Å². The van der Waals surface area contributed by atoms with Gasteiger partial charge in [0.15, 0.2) is 5.69 Å². The Bertz CT molecular complexity index is 929. The highest BCUT2D eigenvalue weighted by atomic mass is 16.2. The molecule has 7 nitrogen and oxygen atoms in total. The monoisotopic (exact) mass is 395 g/mol. The molecular weight excluding hydrogens is 366 g/mol. The lowest BCUT2D eigenvalue weighted by atomic mass is 10.1. The highest BCUT2D eigenvalue weighted by Gasteiger charge is 2.35. The van der Waals surface area contributed by atoms with Gasteiger partial charge in [-0.1, -0.05) is 24.1 Å². The van der Waals surface area contributed by atoms with Gasteiger partial charge in [-0.3, -0.25) is 9.59 Å². The summed E-state index contributed by atoms with van der Waals surface area (Å²) in [5, 5.41) is 11.2. The van der Waals surface area contributed by atoms with Crippen molar-refractivity contribution < 1.29 is 9.59 Å². The summed E-state index contributed by atoms with van der Waals surface area (Å²) in [4.78, 5) is 27.1. The summed E-state index contributed by atoms with van der Waals surface area (Å²) in [5.41, 5.74) is 4.31. The summed E-state index contributed by atoms with van der Waals surface area (Å²) in [6.45, 7) is 7.21. The van der Waals surface area contributed by atoms with Crippen LogP contribution in [0.5, 0.6) is 0 Å².